The Morgan fingerprint density at radius 1 is 1.18 bits per heavy atom. The second-order valence-corrected chi connectivity index (χ2v) is 6.73. The molecule has 148 valence electrons. The van der Waals surface area contributed by atoms with Crippen molar-refractivity contribution < 1.29 is 14.3 Å². The first kappa shape index (κ1) is 19.9. The van der Waals surface area contributed by atoms with Crippen LogP contribution in [0.4, 0.5) is 5.69 Å². The van der Waals surface area contributed by atoms with E-state index in [9.17, 15) is 4.79 Å². The highest BCUT2D eigenvalue weighted by atomic mass is 16.5. The monoisotopic (exact) mass is 381 g/mol. The number of rotatable bonds is 6. The third-order valence-electron chi connectivity index (χ3n) is 4.45. The quantitative estimate of drug-likeness (QED) is 0.590. The van der Waals surface area contributed by atoms with Gasteiger partial charge in [-0.1, -0.05) is 17.7 Å². The number of guanidine groups is 1. The van der Waals surface area contributed by atoms with E-state index in [0.29, 0.717) is 24.7 Å². The van der Waals surface area contributed by atoms with Crippen LogP contribution in [0.25, 0.3) is 0 Å². The van der Waals surface area contributed by atoms with Crippen molar-refractivity contribution >= 4 is 17.6 Å². The maximum atomic E-state index is 12.6. The maximum absolute atomic E-state index is 12.6. The summed E-state index contributed by atoms with van der Waals surface area (Å²) >= 11 is 0. The van der Waals surface area contributed by atoms with Crippen molar-refractivity contribution in [2.24, 2.45) is 4.99 Å². The molecule has 1 atom stereocenters. The van der Waals surface area contributed by atoms with Crippen LogP contribution in [-0.2, 0) is 4.74 Å². The lowest BCUT2D eigenvalue weighted by molar-refractivity contribution is 0.0975. The van der Waals surface area contributed by atoms with Crippen LogP contribution < -0.4 is 15.4 Å². The van der Waals surface area contributed by atoms with Crippen LogP contribution in [0, 0.1) is 6.92 Å². The lowest BCUT2D eigenvalue weighted by Gasteiger charge is -2.14. The number of hydrogen-bond donors (Lipinski definition) is 2. The van der Waals surface area contributed by atoms with E-state index in [0.717, 1.165) is 36.4 Å². The minimum absolute atomic E-state index is 0.105. The summed E-state index contributed by atoms with van der Waals surface area (Å²) in [6, 6.07) is 15.0. The van der Waals surface area contributed by atoms with Gasteiger partial charge in [0.05, 0.1) is 19.3 Å². The number of carbonyl (C=O) groups is 1. The number of anilines is 1. The van der Waals surface area contributed by atoms with E-state index in [1.54, 1.807) is 12.1 Å². The predicted octanol–water partition coefficient (Wildman–Crippen LogP) is 3.77. The second kappa shape index (κ2) is 9.90. The van der Waals surface area contributed by atoms with Crippen LogP contribution in [0.15, 0.2) is 53.5 Å². The van der Waals surface area contributed by atoms with Crippen molar-refractivity contribution in [3.05, 3.63) is 59.7 Å². The zero-order valence-corrected chi connectivity index (χ0v) is 16.4. The Balaban J connectivity index is 1.71. The van der Waals surface area contributed by atoms with Gasteiger partial charge >= 0.3 is 0 Å². The first-order valence-corrected chi connectivity index (χ1v) is 9.68. The number of carbonyl (C=O) groups excluding carboxylic acids is 1. The van der Waals surface area contributed by atoms with Crippen LogP contribution in [0.2, 0.25) is 0 Å². The minimum Gasteiger partial charge on any atom is -0.494 e. The average Bonchev–Trinajstić information content (AvgIpc) is 3.22. The lowest BCUT2D eigenvalue weighted by atomic mass is 10.1. The molecule has 1 amide bonds. The molecule has 2 aromatic carbocycles. The molecule has 2 N–H and O–H groups in total. The van der Waals surface area contributed by atoms with E-state index < -0.39 is 0 Å². The summed E-state index contributed by atoms with van der Waals surface area (Å²) in [7, 11) is 0. The maximum Gasteiger partial charge on any atom is 0.257 e. The molecule has 0 radical (unpaired) electrons. The second-order valence-electron chi connectivity index (χ2n) is 6.73. The molecule has 0 bridgehead atoms. The molecular weight excluding hydrogens is 354 g/mol. The van der Waals surface area contributed by atoms with Gasteiger partial charge in [-0.05, 0) is 63.1 Å². The van der Waals surface area contributed by atoms with Crippen molar-refractivity contribution in [2.75, 3.05) is 25.1 Å². The molecule has 6 heteroatoms. The molecule has 0 unspecified atom stereocenters. The highest BCUT2D eigenvalue weighted by Gasteiger charge is 2.16. The minimum atomic E-state index is -0.204. The first-order valence-electron chi connectivity index (χ1n) is 9.68. The van der Waals surface area contributed by atoms with Gasteiger partial charge in [-0.25, -0.2) is 4.99 Å². The fraction of sp³-hybridized carbons (Fsp3) is 0.364. The lowest BCUT2D eigenvalue weighted by Crippen LogP contribution is -2.36. The van der Waals surface area contributed by atoms with Crippen molar-refractivity contribution in [2.45, 2.75) is 32.8 Å². The standard InChI is InChI=1S/C22H27N3O3/c1-3-27-19-12-10-18(11-13-19)24-22(23-15-20-5-4-14-28-20)25-21(26)17-8-6-16(2)7-9-17/h6-13,20H,3-5,14-15H2,1-2H3,(H2,23,24,25,26)/t20-/m0/s1. The summed E-state index contributed by atoms with van der Waals surface area (Å²) in [5, 5.41) is 6.07. The summed E-state index contributed by atoms with van der Waals surface area (Å²) in [4.78, 5) is 17.2. The van der Waals surface area contributed by atoms with Crippen molar-refractivity contribution in [1.29, 1.82) is 0 Å². The van der Waals surface area contributed by atoms with Gasteiger partial charge in [0.25, 0.3) is 5.91 Å². The Morgan fingerprint density at radius 2 is 1.93 bits per heavy atom. The van der Waals surface area contributed by atoms with Gasteiger partial charge in [0.1, 0.15) is 5.75 Å². The van der Waals surface area contributed by atoms with Crippen molar-refractivity contribution in [3.63, 3.8) is 0 Å². The molecular formula is C22H27N3O3. The molecule has 1 aliphatic heterocycles. The molecule has 1 heterocycles. The van der Waals surface area contributed by atoms with E-state index in [2.05, 4.69) is 15.6 Å². The Bertz CT molecular complexity index is 795. The Labute approximate surface area is 166 Å². The number of amides is 1. The molecule has 1 fully saturated rings. The summed E-state index contributed by atoms with van der Waals surface area (Å²) in [6.07, 6.45) is 2.15. The van der Waals surface area contributed by atoms with E-state index in [1.165, 1.54) is 0 Å². The fourth-order valence-electron chi connectivity index (χ4n) is 2.91. The highest BCUT2D eigenvalue weighted by Crippen LogP contribution is 2.16. The van der Waals surface area contributed by atoms with E-state index >= 15 is 0 Å². The van der Waals surface area contributed by atoms with E-state index in [1.807, 2.05) is 50.2 Å². The highest BCUT2D eigenvalue weighted by molar-refractivity contribution is 6.09. The summed E-state index contributed by atoms with van der Waals surface area (Å²) in [5.41, 5.74) is 2.51. The molecule has 0 saturated carbocycles. The number of nitrogens with zero attached hydrogens (tertiary/aromatic N) is 1. The molecule has 0 aromatic heterocycles. The van der Waals surface area contributed by atoms with Crippen LogP contribution in [-0.4, -0.2) is 37.7 Å². The van der Waals surface area contributed by atoms with Crippen molar-refractivity contribution in [1.82, 2.24) is 5.32 Å². The van der Waals surface area contributed by atoms with Crippen LogP contribution in [0.3, 0.4) is 0 Å². The van der Waals surface area contributed by atoms with Gasteiger partial charge in [0.15, 0.2) is 0 Å². The van der Waals surface area contributed by atoms with Gasteiger partial charge < -0.3 is 14.8 Å². The molecule has 0 aliphatic carbocycles. The summed E-state index contributed by atoms with van der Waals surface area (Å²) in [6.45, 7) is 5.84. The topological polar surface area (TPSA) is 71.9 Å². The number of nitrogens with one attached hydrogen (secondary N) is 2. The third-order valence-corrected chi connectivity index (χ3v) is 4.45. The van der Waals surface area contributed by atoms with Gasteiger partial charge in [0, 0.05) is 17.9 Å². The molecule has 0 spiro atoms. The molecule has 1 aliphatic rings. The number of ether oxygens (including phenoxy) is 2. The van der Waals surface area contributed by atoms with Crippen molar-refractivity contribution in [3.8, 4) is 5.75 Å². The van der Waals surface area contributed by atoms with Crippen LogP contribution >= 0.6 is 0 Å². The molecule has 1 saturated heterocycles. The van der Waals surface area contributed by atoms with E-state index in [4.69, 9.17) is 9.47 Å². The largest absolute Gasteiger partial charge is 0.494 e. The fourth-order valence-corrected chi connectivity index (χ4v) is 2.91. The Hall–Kier alpha value is -2.86. The number of aryl methyl sites for hydroxylation is 1. The normalized spacial score (nSPS) is 16.6. The van der Waals surface area contributed by atoms with E-state index in [-0.39, 0.29) is 12.0 Å². The molecule has 6 nitrogen and oxygen atoms in total. The summed E-state index contributed by atoms with van der Waals surface area (Å²) in [5.74, 6) is 1.00. The summed E-state index contributed by atoms with van der Waals surface area (Å²) < 4.78 is 11.1. The van der Waals surface area contributed by atoms with Gasteiger partial charge in [-0.2, -0.15) is 0 Å². The van der Waals surface area contributed by atoms with Gasteiger partial charge in [-0.15, -0.1) is 0 Å². The number of hydrogen-bond acceptors (Lipinski definition) is 4. The van der Waals surface area contributed by atoms with Crippen LogP contribution in [0.1, 0.15) is 35.7 Å². The van der Waals surface area contributed by atoms with Gasteiger partial charge in [-0.3, -0.25) is 10.1 Å². The number of aliphatic imine (C=N–C) groups is 1. The zero-order chi connectivity index (χ0) is 19.8. The molecule has 28 heavy (non-hydrogen) atoms. The SMILES string of the molecule is CCOc1ccc(NC(=NC[C@@H]2CCCO2)NC(=O)c2ccc(C)cc2)cc1. The molecule has 2 aromatic rings. The van der Waals surface area contributed by atoms with Gasteiger partial charge in [0.2, 0.25) is 5.96 Å². The predicted molar refractivity (Wildman–Crippen MR) is 111 cm³/mol. The third kappa shape index (κ3) is 5.82. The first-order chi connectivity index (χ1) is 13.6. The average molecular weight is 381 g/mol. The molecule has 3 rings (SSSR count). The number of benzene rings is 2. The zero-order valence-electron chi connectivity index (χ0n) is 16.4. The Kier molecular flexibility index (Phi) is 7.03. The smallest absolute Gasteiger partial charge is 0.257 e. The Morgan fingerprint density at radius 3 is 2.57 bits per heavy atom. The van der Waals surface area contributed by atoms with Crippen LogP contribution in [0.5, 0.6) is 5.75 Å².